The third-order valence-corrected chi connectivity index (χ3v) is 7.40. The van der Waals surface area contributed by atoms with Crippen molar-refractivity contribution in [1.29, 1.82) is 0 Å². The second kappa shape index (κ2) is 12.0. The Morgan fingerprint density at radius 2 is 1.64 bits per heavy atom. The Kier molecular flexibility index (Phi) is 8.81. The third kappa shape index (κ3) is 6.54. The number of hydrogen-bond donors (Lipinski definition) is 1. The van der Waals surface area contributed by atoms with E-state index in [1.165, 1.54) is 11.1 Å². The van der Waals surface area contributed by atoms with E-state index in [0.717, 1.165) is 44.7 Å². The SMILES string of the molecule is Cc1ccc(CN(CC(C)C)C2CC(C(=O)N3CCCNCC3)N(C(=O)c3ccc(C)cc3)C2)cc1. The van der Waals surface area contributed by atoms with E-state index in [4.69, 9.17) is 0 Å². The van der Waals surface area contributed by atoms with Crippen molar-refractivity contribution in [1.82, 2.24) is 20.0 Å². The predicted molar refractivity (Wildman–Crippen MR) is 145 cm³/mol. The van der Waals surface area contributed by atoms with E-state index in [2.05, 4.69) is 55.3 Å². The summed E-state index contributed by atoms with van der Waals surface area (Å²) in [5.74, 6) is 0.549. The largest absolute Gasteiger partial charge is 0.340 e. The van der Waals surface area contributed by atoms with Crippen molar-refractivity contribution in [3.05, 3.63) is 70.8 Å². The molecule has 0 bridgehead atoms. The summed E-state index contributed by atoms with van der Waals surface area (Å²) in [5.41, 5.74) is 4.30. The molecule has 0 spiro atoms. The van der Waals surface area contributed by atoms with Gasteiger partial charge in [0, 0.05) is 50.9 Å². The van der Waals surface area contributed by atoms with Gasteiger partial charge in [0.25, 0.3) is 5.91 Å². The molecule has 1 N–H and O–H groups in total. The molecule has 2 aliphatic heterocycles. The second-order valence-electron chi connectivity index (χ2n) is 11.0. The maximum atomic E-state index is 13.8. The molecule has 0 radical (unpaired) electrons. The molecule has 0 aliphatic carbocycles. The summed E-state index contributed by atoms with van der Waals surface area (Å²) in [7, 11) is 0. The van der Waals surface area contributed by atoms with Crippen LogP contribution < -0.4 is 5.32 Å². The number of nitrogens with one attached hydrogen (secondary N) is 1. The van der Waals surface area contributed by atoms with E-state index in [1.807, 2.05) is 41.0 Å². The zero-order chi connectivity index (χ0) is 25.7. The van der Waals surface area contributed by atoms with Crippen LogP contribution in [-0.2, 0) is 11.3 Å². The highest BCUT2D eigenvalue weighted by Gasteiger charge is 2.43. The van der Waals surface area contributed by atoms with Crippen LogP contribution in [-0.4, -0.2) is 77.9 Å². The molecule has 4 rings (SSSR count). The lowest BCUT2D eigenvalue weighted by atomic mass is 10.1. The van der Waals surface area contributed by atoms with Crippen LogP contribution in [0.15, 0.2) is 48.5 Å². The molecular formula is C30H42N4O2. The first-order chi connectivity index (χ1) is 17.3. The molecule has 2 fully saturated rings. The summed E-state index contributed by atoms with van der Waals surface area (Å²) in [6.45, 7) is 14.1. The smallest absolute Gasteiger partial charge is 0.254 e. The van der Waals surface area contributed by atoms with Gasteiger partial charge in [0.2, 0.25) is 5.91 Å². The van der Waals surface area contributed by atoms with Crippen LogP contribution in [0.3, 0.4) is 0 Å². The van der Waals surface area contributed by atoms with Gasteiger partial charge in [0.1, 0.15) is 6.04 Å². The van der Waals surface area contributed by atoms with Gasteiger partial charge in [-0.3, -0.25) is 14.5 Å². The van der Waals surface area contributed by atoms with E-state index in [0.29, 0.717) is 31.0 Å². The zero-order valence-corrected chi connectivity index (χ0v) is 22.4. The van der Waals surface area contributed by atoms with Gasteiger partial charge >= 0.3 is 0 Å². The highest BCUT2D eigenvalue weighted by molar-refractivity contribution is 5.98. The van der Waals surface area contributed by atoms with E-state index >= 15 is 0 Å². The molecule has 2 aromatic rings. The first kappa shape index (κ1) is 26.4. The van der Waals surface area contributed by atoms with Gasteiger partial charge in [0.15, 0.2) is 0 Å². The van der Waals surface area contributed by atoms with Crippen LogP contribution in [0.1, 0.15) is 53.7 Å². The number of nitrogens with zero attached hydrogens (tertiary/aromatic N) is 3. The van der Waals surface area contributed by atoms with Gasteiger partial charge in [-0.05, 0) is 56.8 Å². The van der Waals surface area contributed by atoms with Gasteiger partial charge in [-0.25, -0.2) is 0 Å². The van der Waals surface area contributed by atoms with Gasteiger partial charge in [-0.15, -0.1) is 0 Å². The molecule has 2 saturated heterocycles. The number of carbonyl (C=O) groups is 2. The Bertz CT molecular complexity index is 1010. The van der Waals surface area contributed by atoms with Gasteiger partial charge in [0.05, 0.1) is 0 Å². The molecule has 6 nitrogen and oxygen atoms in total. The molecule has 2 amide bonds. The quantitative estimate of drug-likeness (QED) is 0.640. The molecule has 2 aromatic carbocycles. The average molecular weight is 491 g/mol. The topological polar surface area (TPSA) is 55.9 Å². The van der Waals surface area contributed by atoms with E-state index in [9.17, 15) is 9.59 Å². The van der Waals surface area contributed by atoms with Crippen LogP contribution in [0.2, 0.25) is 0 Å². The van der Waals surface area contributed by atoms with Crippen LogP contribution >= 0.6 is 0 Å². The fourth-order valence-corrected chi connectivity index (χ4v) is 5.42. The maximum absolute atomic E-state index is 13.8. The summed E-state index contributed by atoms with van der Waals surface area (Å²) in [6.07, 6.45) is 1.62. The monoisotopic (exact) mass is 490 g/mol. The second-order valence-corrected chi connectivity index (χ2v) is 11.0. The molecule has 2 heterocycles. The number of hydrogen-bond acceptors (Lipinski definition) is 4. The standard InChI is InChI=1S/C30H42N4O2/c1-22(2)19-33(20-25-10-6-23(3)7-11-25)27-18-28(30(36)32-16-5-14-31-15-17-32)34(21-27)29(35)26-12-8-24(4)9-13-26/h6-13,22,27-28,31H,5,14-21H2,1-4H3. The number of rotatable bonds is 7. The molecule has 2 atom stereocenters. The number of likely N-dealkylation sites (tertiary alicyclic amines) is 1. The zero-order valence-electron chi connectivity index (χ0n) is 22.4. The fraction of sp³-hybridized carbons (Fsp3) is 0.533. The Morgan fingerprint density at radius 3 is 2.31 bits per heavy atom. The van der Waals surface area contributed by atoms with Gasteiger partial charge in [-0.1, -0.05) is 61.4 Å². The van der Waals surface area contributed by atoms with Crippen LogP contribution in [0.4, 0.5) is 0 Å². The number of benzene rings is 2. The van der Waals surface area contributed by atoms with Crippen molar-refractivity contribution in [2.45, 2.75) is 59.2 Å². The lowest BCUT2D eigenvalue weighted by molar-refractivity contribution is -0.135. The Hall–Kier alpha value is -2.70. The molecule has 6 heteroatoms. The lowest BCUT2D eigenvalue weighted by Crippen LogP contribution is -2.48. The Morgan fingerprint density at radius 1 is 0.972 bits per heavy atom. The minimum Gasteiger partial charge on any atom is -0.340 e. The minimum absolute atomic E-state index is 0.0383. The Labute approximate surface area is 216 Å². The lowest BCUT2D eigenvalue weighted by Gasteiger charge is -2.30. The summed E-state index contributed by atoms with van der Waals surface area (Å²) in [4.78, 5) is 33.9. The van der Waals surface area contributed by atoms with E-state index in [-0.39, 0.29) is 17.9 Å². The number of amides is 2. The highest BCUT2D eigenvalue weighted by atomic mass is 16.2. The molecule has 2 unspecified atom stereocenters. The first-order valence-corrected chi connectivity index (χ1v) is 13.5. The summed E-state index contributed by atoms with van der Waals surface area (Å²) < 4.78 is 0. The molecular weight excluding hydrogens is 448 g/mol. The molecule has 0 aromatic heterocycles. The van der Waals surface area contributed by atoms with Crippen molar-refractivity contribution in [3.63, 3.8) is 0 Å². The number of aryl methyl sites for hydroxylation is 2. The van der Waals surface area contributed by atoms with Crippen molar-refractivity contribution in [2.24, 2.45) is 5.92 Å². The summed E-state index contributed by atoms with van der Waals surface area (Å²) >= 11 is 0. The van der Waals surface area contributed by atoms with Gasteiger partial charge < -0.3 is 15.1 Å². The molecule has 194 valence electrons. The van der Waals surface area contributed by atoms with Crippen molar-refractivity contribution in [3.8, 4) is 0 Å². The highest BCUT2D eigenvalue weighted by Crippen LogP contribution is 2.28. The third-order valence-electron chi connectivity index (χ3n) is 7.40. The van der Waals surface area contributed by atoms with Crippen LogP contribution in [0.25, 0.3) is 0 Å². The first-order valence-electron chi connectivity index (χ1n) is 13.5. The van der Waals surface area contributed by atoms with Crippen LogP contribution in [0, 0.1) is 19.8 Å². The summed E-state index contributed by atoms with van der Waals surface area (Å²) in [6, 6.07) is 16.1. The van der Waals surface area contributed by atoms with Crippen molar-refractivity contribution >= 4 is 11.8 Å². The maximum Gasteiger partial charge on any atom is 0.254 e. The summed E-state index contributed by atoms with van der Waals surface area (Å²) in [5, 5.41) is 3.38. The van der Waals surface area contributed by atoms with Crippen molar-refractivity contribution < 1.29 is 9.59 Å². The average Bonchev–Trinajstić information content (AvgIpc) is 3.12. The molecule has 36 heavy (non-hydrogen) atoms. The van der Waals surface area contributed by atoms with Crippen molar-refractivity contribution in [2.75, 3.05) is 39.3 Å². The minimum atomic E-state index is -0.422. The van der Waals surface area contributed by atoms with Crippen LogP contribution in [0.5, 0.6) is 0 Å². The molecule has 2 aliphatic rings. The predicted octanol–water partition coefficient (Wildman–Crippen LogP) is 3.87. The normalized spacial score (nSPS) is 20.7. The van der Waals surface area contributed by atoms with E-state index in [1.54, 1.807) is 0 Å². The fourth-order valence-electron chi connectivity index (χ4n) is 5.42. The Balaban J connectivity index is 1.60. The molecule has 0 saturated carbocycles. The van der Waals surface area contributed by atoms with Gasteiger partial charge in [-0.2, -0.15) is 0 Å². The van der Waals surface area contributed by atoms with E-state index < -0.39 is 6.04 Å². The number of carbonyl (C=O) groups excluding carboxylic acids is 2.